The number of benzene rings is 8. The highest BCUT2D eigenvalue weighted by molar-refractivity contribution is 6.74. The van der Waals surface area contributed by atoms with Crippen LogP contribution in [-0.4, -0.2) is 16.4 Å². The number of nitrogens with zero attached hydrogens (tertiary/aromatic N) is 2. The Balaban J connectivity index is 1.19. The van der Waals surface area contributed by atoms with Crippen LogP contribution in [0.2, 0.25) is 0 Å². The second-order valence-corrected chi connectivity index (χ2v) is 19.7. The number of para-hydroxylation sites is 3. The SMILES string of the molecule is Cc1ccc(Nc2cc3c(cc2-c2cc(-n4c5ccccc5c5ccccc54)c4c5ccccc5n5c4c2Bc2cc4oc(-c6ccccc6)cc4cc2-5)C(C)(C)CCC3(C)C)cc1. The zero-order chi connectivity index (χ0) is 43.1. The number of fused-ring (bicyclic) bond motifs is 10. The highest BCUT2D eigenvalue weighted by atomic mass is 16.3. The summed E-state index contributed by atoms with van der Waals surface area (Å²) in [5.41, 5.74) is 20.8. The molecule has 0 atom stereocenters. The van der Waals surface area contributed by atoms with E-state index in [9.17, 15) is 0 Å². The number of nitrogens with one attached hydrogen (secondary N) is 1. The minimum Gasteiger partial charge on any atom is -0.456 e. The van der Waals surface area contributed by atoms with Crippen LogP contribution in [0.1, 0.15) is 57.2 Å². The fraction of sp³-hybridized carbons (Fsp3) is 0.153. The first kappa shape index (κ1) is 37.3. The van der Waals surface area contributed by atoms with Gasteiger partial charge in [-0.3, -0.25) is 0 Å². The quantitative estimate of drug-likeness (QED) is 0.175. The Hall–Kier alpha value is -7.24. The number of aryl methyl sites for hydroxylation is 1. The van der Waals surface area contributed by atoms with E-state index in [-0.39, 0.29) is 10.8 Å². The molecular weight excluding hydrogens is 777 g/mol. The zero-order valence-electron chi connectivity index (χ0n) is 37.0. The van der Waals surface area contributed by atoms with Gasteiger partial charge in [-0.05, 0) is 119 Å². The van der Waals surface area contributed by atoms with E-state index in [0.29, 0.717) is 0 Å². The Morgan fingerprint density at radius 1 is 0.562 bits per heavy atom. The Labute approximate surface area is 374 Å². The molecule has 0 fully saturated rings. The van der Waals surface area contributed by atoms with Gasteiger partial charge < -0.3 is 18.9 Å². The molecule has 5 heteroatoms. The Morgan fingerprint density at radius 3 is 1.86 bits per heavy atom. The first-order valence-corrected chi connectivity index (χ1v) is 22.8. The molecule has 4 heterocycles. The summed E-state index contributed by atoms with van der Waals surface area (Å²) in [6.07, 6.45) is 2.29. The van der Waals surface area contributed by atoms with E-state index >= 15 is 0 Å². The van der Waals surface area contributed by atoms with E-state index in [1.54, 1.807) is 0 Å². The minimum absolute atomic E-state index is 0.0157. The Morgan fingerprint density at radius 2 is 1.17 bits per heavy atom. The predicted molar refractivity (Wildman–Crippen MR) is 272 cm³/mol. The topological polar surface area (TPSA) is 35.0 Å². The van der Waals surface area contributed by atoms with Gasteiger partial charge in [0.15, 0.2) is 7.28 Å². The maximum Gasteiger partial charge on any atom is 0.198 e. The van der Waals surface area contributed by atoms with Crippen molar-refractivity contribution < 1.29 is 4.42 Å². The lowest BCUT2D eigenvalue weighted by Gasteiger charge is -2.42. The average molecular weight is 826 g/mol. The third-order valence-corrected chi connectivity index (χ3v) is 14.8. The number of aromatic nitrogens is 2. The van der Waals surface area contributed by atoms with E-state index in [4.69, 9.17) is 4.42 Å². The van der Waals surface area contributed by atoms with Crippen LogP contribution >= 0.6 is 0 Å². The standard InChI is InChI=1S/C59H48BN3O/c1-35-23-25-38(26-24-35)61-47-33-45-44(58(2,3)27-28-59(45,4)5)31-42(47)43-32-52(62-48-20-12-9-17-39(48)40-18-10-13-21-49(40)62)55-41-19-11-14-22-50(41)63-51-29-37-30-53(36-15-7-6-8-16-36)64-54(37)34-46(51)60-56(43)57(55)63/h6-26,29-34,60-61H,27-28H2,1-5H3. The number of anilines is 2. The molecule has 0 unspecified atom stereocenters. The summed E-state index contributed by atoms with van der Waals surface area (Å²) in [7, 11) is 0.762. The molecule has 0 radical (unpaired) electrons. The van der Waals surface area contributed by atoms with Gasteiger partial charge in [0, 0.05) is 55.1 Å². The van der Waals surface area contributed by atoms with E-state index in [0.717, 1.165) is 53.8 Å². The Bertz CT molecular complexity index is 3680. The molecule has 8 aromatic carbocycles. The molecule has 13 rings (SSSR count). The van der Waals surface area contributed by atoms with Crippen molar-refractivity contribution in [2.75, 3.05) is 5.32 Å². The van der Waals surface area contributed by atoms with Gasteiger partial charge in [-0.15, -0.1) is 0 Å². The average Bonchev–Trinajstić information content (AvgIpc) is 4.00. The summed E-state index contributed by atoms with van der Waals surface area (Å²) in [4.78, 5) is 0. The summed E-state index contributed by atoms with van der Waals surface area (Å²) in [6, 6.07) is 60.7. The molecule has 1 aliphatic carbocycles. The molecular formula is C59H48BN3O. The lowest BCUT2D eigenvalue weighted by atomic mass is 9.58. The van der Waals surface area contributed by atoms with Crippen LogP contribution in [0.5, 0.6) is 0 Å². The van der Waals surface area contributed by atoms with E-state index < -0.39 is 0 Å². The van der Waals surface area contributed by atoms with Crippen LogP contribution in [0.25, 0.3) is 88.4 Å². The molecule has 0 amide bonds. The molecule has 0 spiro atoms. The summed E-state index contributed by atoms with van der Waals surface area (Å²) in [5, 5.41) is 10.2. The van der Waals surface area contributed by atoms with Gasteiger partial charge in [0.25, 0.3) is 0 Å². The number of rotatable bonds is 5. The number of hydrogen-bond donors (Lipinski definition) is 1. The van der Waals surface area contributed by atoms with Crippen LogP contribution in [0.15, 0.2) is 168 Å². The minimum atomic E-state index is 0.0157. The predicted octanol–water partition coefficient (Wildman–Crippen LogP) is 14.1. The van der Waals surface area contributed by atoms with Crippen LogP contribution in [0.3, 0.4) is 0 Å². The van der Waals surface area contributed by atoms with Crippen molar-refractivity contribution in [2.24, 2.45) is 0 Å². The summed E-state index contributed by atoms with van der Waals surface area (Å²) in [6.45, 7) is 11.9. The van der Waals surface area contributed by atoms with Crippen LogP contribution < -0.4 is 16.2 Å². The third-order valence-electron chi connectivity index (χ3n) is 14.8. The van der Waals surface area contributed by atoms with Crippen molar-refractivity contribution in [3.63, 3.8) is 0 Å². The Kier molecular flexibility index (Phi) is 7.81. The largest absolute Gasteiger partial charge is 0.456 e. The summed E-state index contributed by atoms with van der Waals surface area (Å²) < 4.78 is 11.8. The smallest absolute Gasteiger partial charge is 0.198 e. The van der Waals surface area contributed by atoms with Gasteiger partial charge >= 0.3 is 0 Å². The number of furan rings is 1. The fourth-order valence-electron chi connectivity index (χ4n) is 11.4. The second-order valence-electron chi connectivity index (χ2n) is 19.7. The monoisotopic (exact) mass is 825 g/mol. The van der Waals surface area contributed by atoms with Gasteiger partial charge in [0.05, 0.1) is 27.8 Å². The molecule has 11 aromatic rings. The van der Waals surface area contributed by atoms with E-state index in [1.807, 2.05) is 0 Å². The van der Waals surface area contributed by atoms with E-state index in [2.05, 4.69) is 213 Å². The third kappa shape index (κ3) is 5.43. The van der Waals surface area contributed by atoms with Crippen molar-refractivity contribution >= 4 is 84.2 Å². The summed E-state index contributed by atoms with van der Waals surface area (Å²) in [5.74, 6) is 0.888. The summed E-state index contributed by atoms with van der Waals surface area (Å²) >= 11 is 0. The first-order chi connectivity index (χ1) is 31.1. The molecule has 1 aliphatic heterocycles. The van der Waals surface area contributed by atoms with Gasteiger partial charge in [0.2, 0.25) is 0 Å². The van der Waals surface area contributed by atoms with Crippen molar-refractivity contribution in [2.45, 2.75) is 58.3 Å². The van der Waals surface area contributed by atoms with Gasteiger partial charge in [-0.2, -0.15) is 0 Å². The number of hydrogen-bond acceptors (Lipinski definition) is 2. The molecule has 2 aliphatic rings. The molecule has 1 N–H and O–H groups in total. The first-order valence-electron chi connectivity index (χ1n) is 22.8. The molecule has 3 aromatic heterocycles. The van der Waals surface area contributed by atoms with Crippen molar-refractivity contribution in [1.82, 2.24) is 9.13 Å². The molecule has 308 valence electrons. The molecule has 64 heavy (non-hydrogen) atoms. The molecule has 0 saturated heterocycles. The van der Waals surface area contributed by atoms with E-state index in [1.165, 1.54) is 93.7 Å². The highest BCUT2D eigenvalue weighted by Gasteiger charge is 2.39. The van der Waals surface area contributed by atoms with Crippen LogP contribution in [0, 0.1) is 6.92 Å². The van der Waals surface area contributed by atoms with Gasteiger partial charge in [-0.25, -0.2) is 0 Å². The zero-order valence-corrected chi connectivity index (χ0v) is 37.0. The maximum absolute atomic E-state index is 6.69. The van der Waals surface area contributed by atoms with Gasteiger partial charge in [0.1, 0.15) is 11.3 Å². The van der Waals surface area contributed by atoms with Gasteiger partial charge in [-0.1, -0.05) is 136 Å². The van der Waals surface area contributed by atoms with Crippen molar-refractivity contribution in [3.8, 4) is 33.8 Å². The normalized spacial score (nSPS) is 14.9. The second kappa shape index (κ2) is 13.4. The lowest BCUT2D eigenvalue weighted by molar-refractivity contribution is 0.332. The van der Waals surface area contributed by atoms with Crippen LogP contribution in [-0.2, 0) is 10.8 Å². The highest BCUT2D eigenvalue weighted by Crippen LogP contribution is 2.50. The molecule has 0 saturated carbocycles. The lowest BCUT2D eigenvalue weighted by Crippen LogP contribution is -2.38. The molecule has 4 nitrogen and oxygen atoms in total. The van der Waals surface area contributed by atoms with Crippen LogP contribution in [0.4, 0.5) is 11.4 Å². The van der Waals surface area contributed by atoms with Crippen molar-refractivity contribution in [3.05, 3.63) is 180 Å². The molecule has 0 bridgehead atoms. The van der Waals surface area contributed by atoms with Crippen molar-refractivity contribution in [1.29, 1.82) is 0 Å². The maximum atomic E-state index is 6.69. The fourth-order valence-corrected chi connectivity index (χ4v) is 11.4.